The molecule has 0 spiro atoms. The number of nitrogens with one attached hydrogen (secondary N) is 1. The number of likely N-dealkylation sites (tertiary alicyclic amines) is 1. The van der Waals surface area contributed by atoms with Gasteiger partial charge in [-0.1, -0.05) is 12.1 Å². The molecule has 1 N–H and O–H groups in total. The highest BCUT2D eigenvalue weighted by Crippen LogP contribution is 2.22. The van der Waals surface area contributed by atoms with E-state index in [0.717, 1.165) is 12.5 Å². The van der Waals surface area contributed by atoms with E-state index in [4.69, 9.17) is 0 Å². The summed E-state index contributed by atoms with van der Waals surface area (Å²) in [6.45, 7) is 4.81. The summed E-state index contributed by atoms with van der Waals surface area (Å²) in [4.78, 5) is 3.96. The minimum absolute atomic E-state index is 0.933. The van der Waals surface area contributed by atoms with Gasteiger partial charge in [-0.2, -0.15) is 0 Å². The minimum atomic E-state index is 0.933. The van der Waals surface area contributed by atoms with Gasteiger partial charge in [0.25, 0.3) is 0 Å². The standard InChI is InChI=1S/C16H26N2S/c1-17-10-7-14-8-11-18(12-9-14)13-15-3-5-16(19-2)6-4-15/h3-6,14,17H,7-13H2,1-2H3. The first kappa shape index (κ1) is 14.9. The van der Waals surface area contributed by atoms with Crippen molar-refractivity contribution in [2.75, 3.05) is 32.9 Å². The Bertz CT molecular complexity index is 356. The Morgan fingerprint density at radius 2 is 1.89 bits per heavy atom. The van der Waals surface area contributed by atoms with Crippen LogP contribution in [0.5, 0.6) is 0 Å². The molecule has 1 fully saturated rings. The second kappa shape index (κ2) is 7.93. The topological polar surface area (TPSA) is 15.3 Å². The highest BCUT2D eigenvalue weighted by molar-refractivity contribution is 7.98. The number of nitrogens with zero attached hydrogens (tertiary/aromatic N) is 1. The Balaban J connectivity index is 1.75. The molecule has 1 aromatic rings. The smallest absolute Gasteiger partial charge is 0.0233 e. The Morgan fingerprint density at radius 1 is 1.21 bits per heavy atom. The van der Waals surface area contributed by atoms with Crippen molar-refractivity contribution in [3.8, 4) is 0 Å². The van der Waals surface area contributed by atoms with Crippen LogP contribution in [0.2, 0.25) is 0 Å². The molecular weight excluding hydrogens is 252 g/mol. The summed E-state index contributed by atoms with van der Waals surface area (Å²) >= 11 is 1.81. The van der Waals surface area contributed by atoms with Crippen molar-refractivity contribution >= 4 is 11.8 Å². The summed E-state index contributed by atoms with van der Waals surface area (Å²) in [5.74, 6) is 0.933. The third-order valence-electron chi connectivity index (χ3n) is 4.07. The van der Waals surface area contributed by atoms with Crippen LogP contribution in [0.1, 0.15) is 24.8 Å². The number of benzene rings is 1. The average molecular weight is 278 g/mol. The van der Waals surface area contributed by atoms with E-state index in [-0.39, 0.29) is 0 Å². The maximum atomic E-state index is 3.26. The first-order chi connectivity index (χ1) is 9.31. The Hall–Kier alpha value is -0.510. The Kier molecular flexibility index (Phi) is 6.21. The maximum absolute atomic E-state index is 3.26. The lowest BCUT2D eigenvalue weighted by atomic mass is 9.93. The summed E-state index contributed by atoms with van der Waals surface area (Å²) in [6.07, 6.45) is 6.20. The lowest BCUT2D eigenvalue weighted by Gasteiger charge is -2.32. The van der Waals surface area contributed by atoms with Crippen molar-refractivity contribution in [2.45, 2.75) is 30.7 Å². The molecule has 2 rings (SSSR count). The molecule has 0 aromatic heterocycles. The van der Waals surface area contributed by atoms with E-state index in [1.807, 2.05) is 18.8 Å². The van der Waals surface area contributed by atoms with Crippen LogP contribution in [0.4, 0.5) is 0 Å². The van der Waals surface area contributed by atoms with E-state index in [0.29, 0.717) is 0 Å². The molecular formula is C16H26N2S. The molecule has 1 saturated heterocycles. The second-order valence-corrected chi connectivity index (χ2v) is 6.34. The third-order valence-corrected chi connectivity index (χ3v) is 4.82. The van der Waals surface area contributed by atoms with Gasteiger partial charge >= 0.3 is 0 Å². The largest absolute Gasteiger partial charge is 0.320 e. The molecule has 1 aliphatic rings. The molecule has 19 heavy (non-hydrogen) atoms. The lowest BCUT2D eigenvalue weighted by Crippen LogP contribution is -2.34. The van der Waals surface area contributed by atoms with Crippen LogP contribution in [0.3, 0.4) is 0 Å². The van der Waals surface area contributed by atoms with Crippen LogP contribution in [0.15, 0.2) is 29.2 Å². The highest BCUT2D eigenvalue weighted by atomic mass is 32.2. The number of rotatable bonds is 6. The monoisotopic (exact) mass is 278 g/mol. The summed E-state index contributed by atoms with van der Waals surface area (Å²) in [5, 5.41) is 3.26. The van der Waals surface area contributed by atoms with Gasteiger partial charge in [-0.15, -0.1) is 11.8 Å². The van der Waals surface area contributed by atoms with Crippen molar-refractivity contribution in [1.29, 1.82) is 0 Å². The van der Waals surface area contributed by atoms with Crippen molar-refractivity contribution in [3.05, 3.63) is 29.8 Å². The van der Waals surface area contributed by atoms with Crippen LogP contribution in [0.25, 0.3) is 0 Å². The summed E-state index contributed by atoms with van der Waals surface area (Å²) in [6, 6.07) is 9.02. The molecule has 0 unspecified atom stereocenters. The van der Waals surface area contributed by atoms with Crippen LogP contribution in [0, 0.1) is 5.92 Å². The van der Waals surface area contributed by atoms with Gasteiger partial charge in [0.1, 0.15) is 0 Å². The average Bonchev–Trinajstić information content (AvgIpc) is 2.47. The molecule has 0 amide bonds. The third kappa shape index (κ3) is 4.83. The van der Waals surface area contributed by atoms with Gasteiger partial charge in [-0.05, 0) is 75.8 Å². The van der Waals surface area contributed by atoms with Crippen molar-refractivity contribution < 1.29 is 0 Å². The lowest BCUT2D eigenvalue weighted by molar-refractivity contribution is 0.172. The zero-order valence-electron chi connectivity index (χ0n) is 12.2. The van der Waals surface area contributed by atoms with Gasteiger partial charge in [0.2, 0.25) is 0 Å². The first-order valence-electron chi connectivity index (χ1n) is 7.31. The summed E-state index contributed by atoms with van der Waals surface area (Å²) < 4.78 is 0. The fourth-order valence-corrected chi connectivity index (χ4v) is 3.18. The first-order valence-corrected chi connectivity index (χ1v) is 8.54. The molecule has 0 saturated carbocycles. The quantitative estimate of drug-likeness (QED) is 0.804. The van der Waals surface area contributed by atoms with Gasteiger partial charge in [-0.3, -0.25) is 4.90 Å². The van der Waals surface area contributed by atoms with E-state index in [9.17, 15) is 0 Å². The molecule has 1 aromatic carbocycles. The van der Waals surface area contributed by atoms with Crippen molar-refractivity contribution in [2.24, 2.45) is 5.92 Å². The van der Waals surface area contributed by atoms with E-state index in [1.54, 1.807) is 0 Å². The zero-order valence-corrected chi connectivity index (χ0v) is 13.0. The molecule has 0 radical (unpaired) electrons. The van der Waals surface area contributed by atoms with E-state index >= 15 is 0 Å². The van der Waals surface area contributed by atoms with Crippen molar-refractivity contribution in [1.82, 2.24) is 10.2 Å². The van der Waals surface area contributed by atoms with Crippen LogP contribution in [-0.2, 0) is 6.54 Å². The SMILES string of the molecule is CNCCC1CCN(Cc2ccc(SC)cc2)CC1. The Labute approximate surface area is 122 Å². The normalized spacial score (nSPS) is 17.8. The maximum Gasteiger partial charge on any atom is 0.0233 e. The van der Waals surface area contributed by atoms with E-state index < -0.39 is 0 Å². The molecule has 2 nitrogen and oxygen atoms in total. The summed E-state index contributed by atoms with van der Waals surface area (Å²) in [7, 11) is 2.05. The van der Waals surface area contributed by atoms with Crippen LogP contribution < -0.4 is 5.32 Å². The molecule has 0 bridgehead atoms. The summed E-state index contributed by atoms with van der Waals surface area (Å²) in [5.41, 5.74) is 1.45. The minimum Gasteiger partial charge on any atom is -0.320 e. The fourth-order valence-electron chi connectivity index (χ4n) is 2.77. The molecule has 106 valence electrons. The van der Waals surface area contributed by atoms with Crippen LogP contribution >= 0.6 is 11.8 Å². The number of thioether (sulfide) groups is 1. The van der Waals surface area contributed by atoms with Gasteiger partial charge in [0.15, 0.2) is 0 Å². The van der Waals surface area contributed by atoms with Gasteiger partial charge in [0, 0.05) is 11.4 Å². The zero-order chi connectivity index (χ0) is 13.5. The molecule has 1 aliphatic heterocycles. The van der Waals surface area contributed by atoms with Gasteiger partial charge in [0.05, 0.1) is 0 Å². The molecule has 0 atom stereocenters. The second-order valence-electron chi connectivity index (χ2n) is 5.46. The molecule has 0 aliphatic carbocycles. The molecule has 1 heterocycles. The van der Waals surface area contributed by atoms with Gasteiger partial charge < -0.3 is 5.32 Å². The predicted molar refractivity (Wildman–Crippen MR) is 84.8 cm³/mol. The molecule has 3 heteroatoms. The van der Waals surface area contributed by atoms with E-state index in [1.165, 1.54) is 49.4 Å². The van der Waals surface area contributed by atoms with Crippen molar-refractivity contribution in [3.63, 3.8) is 0 Å². The highest BCUT2D eigenvalue weighted by Gasteiger charge is 2.18. The fraction of sp³-hybridized carbons (Fsp3) is 0.625. The number of hydrogen-bond donors (Lipinski definition) is 1. The van der Waals surface area contributed by atoms with Gasteiger partial charge in [-0.25, -0.2) is 0 Å². The van der Waals surface area contributed by atoms with Crippen LogP contribution in [-0.4, -0.2) is 37.8 Å². The number of hydrogen-bond acceptors (Lipinski definition) is 3. The van der Waals surface area contributed by atoms with E-state index in [2.05, 4.69) is 40.7 Å². The number of piperidine rings is 1. The predicted octanol–water partition coefficient (Wildman–Crippen LogP) is 3.23. The Morgan fingerprint density at radius 3 is 2.47 bits per heavy atom.